The molecule has 0 radical (unpaired) electrons. The van der Waals surface area contributed by atoms with Crippen molar-refractivity contribution >= 4 is 21.1 Å². The van der Waals surface area contributed by atoms with Crippen LogP contribution in [-0.4, -0.2) is 25.1 Å². The fraction of sp³-hybridized carbons (Fsp3) is 0.133. The average Bonchev–Trinajstić information content (AvgIpc) is 2.88. The number of hydrogen-bond donors (Lipinski definition) is 1. The minimum atomic E-state index is -1.50. The summed E-state index contributed by atoms with van der Waals surface area (Å²) in [6, 6.07) is 10.0. The van der Waals surface area contributed by atoms with Gasteiger partial charge in [-0.05, 0) is 0 Å². The Balaban J connectivity index is 1.91. The molecular weight excluding hydrogens is 306 g/mol. The fourth-order valence-corrected chi connectivity index (χ4v) is 2.83. The molecule has 2 nitrogen and oxygen atoms in total. The molecule has 1 N–H and O–H groups in total. The molecule has 0 bridgehead atoms. The average molecular weight is 319 g/mol. The Morgan fingerprint density at radius 3 is 2.63 bits per heavy atom. The van der Waals surface area contributed by atoms with E-state index in [1.807, 2.05) is 42.5 Å². The number of rotatable bonds is 2. The summed E-state index contributed by atoms with van der Waals surface area (Å²) in [6.07, 6.45) is 9.15. The topological polar surface area (TPSA) is 20.7 Å². The van der Waals surface area contributed by atoms with Gasteiger partial charge in [-0.2, -0.15) is 0 Å². The second kappa shape index (κ2) is 4.80. The summed E-state index contributed by atoms with van der Waals surface area (Å²) in [5.41, 5.74) is 2.18. The van der Waals surface area contributed by atoms with E-state index in [1.54, 1.807) is 23.0 Å². The molecule has 1 aliphatic rings. The van der Waals surface area contributed by atoms with E-state index in [0.717, 1.165) is 11.1 Å². The van der Waals surface area contributed by atoms with E-state index in [2.05, 4.69) is 20.6 Å². The van der Waals surface area contributed by atoms with Crippen LogP contribution < -0.4 is 0 Å². The Bertz CT molecular complexity index is 696. The maximum absolute atomic E-state index is 14.9. The molecule has 0 spiro atoms. The number of halogens is 1. The first-order valence-corrected chi connectivity index (χ1v) is 6.95. The third-order valence-corrected chi connectivity index (χ3v) is 3.94. The third-order valence-electron chi connectivity index (χ3n) is 3.28. The number of nitrogens with zero attached hydrogens (tertiary/aromatic N) is 1. The maximum atomic E-state index is 14.9. The first kappa shape index (κ1) is 12.4. The van der Waals surface area contributed by atoms with Crippen LogP contribution in [0.25, 0.3) is 5.57 Å². The molecule has 3 rings (SSSR count). The molecule has 1 aromatic heterocycles. The van der Waals surface area contributed by atoms with E-state index in [-0.39, 0.29) is 0 Å². The van der Waals surface area contributed by atoms with Crippen LogP contribution in [0.4, 0.5) is 4.39 Å². The van der Waals surface area contributed by atoms with Gasteiger partial charge in [0.05, 0.1) is 0 Å². The quantitative estimate of drug-likeness (QED) is 0.821. The number of aromatic nitrogens is 2. The van der Waals surface area contributed by atoms with Gasteiger partial charge in [-0.1, -0.05) is 0 Å². The molecule has 4 heteroatoms. The van der Waals surface area contributed by atoms with Gasteiger partial charge in [0.15, 0.2) is 0 Å². The molecule has 1 aromatic carbocycles. The summed E-state index contributed by atoms with van der Waals surface area (Å²) in [4.78, 5) is 2.95. The fourth-order valence-electron chi connectivity index (χ4n) is 2.24. The summed E-state index contributed by atoms with van der Waals surface area (Å²) in [5.74, 6) is -1.50. The second-order valence-corrected chi connectivity index (χ2v) is 5.33. The van der Waals surface area contributed by atoms with E-state index in [9.17, 15) is 4.39 Å². The number of nitrogens with one attached hydrogen (secondary N) is 1. The minimum absolute atomic E-state index is 0.324. The van der Waals surface area contributed by atoms with Crippen LogP contribution in [-0.2, 0) is 5.79 Å². The van der Waals surface area contributed by atoms with E-state index in [4.69, 9.17) is 0 Å². The summed E-state index contributed by atoms with van der Waals surface area (Å²) in [6.45, 7) is 0. The van der Waals surface area contributed by atoms with Crippen molar-refractivity contribution in [1.82, 2.24) is 9.55 Å². The van der Waals surface area contributed by atoms with Gasteiger partial charge in [0.2, 0.25) is 0 Å². The Morgan fingerprint density at radius 2 is 2.05 bits per heavy atom. The zero-order valence-corrected chi connectivity index (χ0v) is 11.9. The van der Waals surface area contributed by atoms with Crippen molar-refractivity contribution in [3.8, 4) is 0 Å². The van der Waals surface area contributed by atoms with Crippen molar-refractivity contribution in [2.24, 2.45) is 0 Å². The number of allylic oxidation sites excluding steroid dienone is 4. The molecule has 1 atom stereocenters. The van der Waals surface area contributed by atoms with E-state index >= 15 is 0 Å². The van der Waals surface area contributed by atoms with E-state index in [1.165, 1.54) is 0 Å². The van der Waals surface area contributed by atoms with Gasteiger partial charge < -0.3 is 0 Å². The zero-order chi connectivity index (χ0) is 13.3. The molecule has 0 aliphatic heterocycles. The summed E-state index contributed by atoms with van der Waals surface area (Å²) < 4.78 is 17.1. The molecule has 2 aromatic rings. The molecule has 1 unspecified atom stereocenters. The van der Waals surface area contributed by atoms with Gasteiger partial charge in [-0.15, -0.1) is 0 Å². The third kappa shape index (κ3) is 2.29. The Kier molecular flexibility index (Phi) is 3.13. The first-order chi connectivity index (χ1) is 9.19. The predicted octanol–water partition coefficient (Wildman–Crippen LogP) is 3.18. The Labute approximate surface area is 118 Å². The van der Waals surface area contributed by atoms with Gasteiger partial charge in [0.1, 0.15) is 0 Å². The van der Waals surface area contributed by atoms with Crippen molar-refractivity contribution in [1.29, 1.82) is 0 Å². The van der Waals surface area contributed by atoms with Gasteiger partial charge in [-0.3, -0.25) is 0 Å². The molecular formula is C15H13FN2Se. The number of aromatic amines is 1. The summed E-state index contributed by atoms with van der Waals surface area (Å²) in [7, 11) is 0. The zero-order valence-electron chi connectivity index (χ0n) is 10.2. The van der Waals surface area contributed by atoms with Gasteiger partial charge in [0, 0.05) is 0 Å². The summed E-state index contributed by atoms with van der Waals surface area (Å²) in [5, 5.41) is 0. The molecule has 0 saturated heterocycles. The number of H-pyrrole nitrogens is 1. The van der Waals surface area contributed by atoms with Crippen molar-refractivity contribution in [2.75, 3.05) is 0 Å². The number of benzene rings is 1. The molecule has 0 amide bonds. The molecule has 1 aliphatic carbocycles. The van der Waals surface area contributed by atoms with Crippen LogP contribution in [0.5, 0.6) is 0 Å². The van der Waals surface area contributed by atoms with Gasteiger partial charge in [-0.25, -0.2) is 0 Å². The number of hydrogen-bond acceptors (Lipinski definition) is 0. The second-order valence-electron chi connectivity index (χ2n) is 4.52. The molecule has 1 heterocycles. The van der Waals surface area contributed by atoms with Crippen molar-refractivity contribution in [3.05, 3.63) is 70.8 Å². The number of imidazole rings is 1. The normalized spacial score (nSPS) is 22.3. The van der Waals surface area contributed by atoms with Crippen LogP contribution in [0.3, 0.4) is 0 Å². The predicted molar refractivity (Wildman–Crippen MR) is 75.0 cm³/mol. The van der Waals surface area contributed by atoms with Gasteiger partial charge >= 0.3 is 118 Å². The Hall–Kier alpha value is -1.64. The standard InChI is InChI=1S/C15H13FN2Se/c16-15(18-11-10-17-14(18)19)8-6-13(7-9-15)12-4-2-1-3-5-12/h1-8,10-11H,9H2,(H,17,19). The molecule has 19 heavy (non-hydrogen) atoms. The summed E-state index contributed by atoms with van der Waals surface area (Å²) >= 11 is 2.83. The SMILES string of the molecule is FC1(n2cc[nH]c2=[Se])C=CC(c2ccccc2)=CC1. The van der Waals surface area contributed by atoms with Crippen LogP contribution in [0.2, 0.25) is 0 Å². The van der Waals surface area contributed by atoms with Crippen LogP contribution in [0.15, 0.2) is 61.0 Å². The van der Waals surface area contributed by atoms with Crippen molar-refractivity contribution < 1.29 is 4.39 Å². The monoisotopic (exact) mass is 320 g/mol. The van der Waals surface area contributed by atoms with E-state index in [0.29, 0.717) is 10.7 Å². The molecule has 0 saturated carbocycles. The first-order valence-electron chi connectivity index (χ1n) is 6.09. The van der Waals surface area contributed by atoms with Crippen LogP contribution >= 0.6 is 0 Å². The van der Waals surface area contributed by atoms with Gasteiger partial charge in [0.25, 0.3) is 0 Å². The van der Waals surface area contributed by atoms with Crippen molar-refractivity contribution in [2.45, 2.75) is 12.2 Å². The van der Waals surface area contributed by atoms with Crippen molar-refractivity contribution in [3.63, 3.8) is 0 Å². The van der Waals surface area contributed by atoms with Crippen LogP contribution in [0, 0.1) is 4.32 Å². The molecule has 96 valence electrons. The Morgan fingerprint density at radius 1 is 1.26 bits per heavy atom. The van der Waals surface area contributed by atoms with Crippen LogP contribution in [0.1, 0.15) is 12.0 Å². The number of alkyl halides is 1. The molecule has 0 fully saturated rings. The van der Waals surface area contributed by atoms with E-state index < -0.39 is 5.79 Å².